The molecule has 0 aromatic heterocycles. The number of amides is 2. The molecule has 0 fully saturated rings. The highest BCUT2D eigenvalue weighted by atomic mass is 32.2. The van der Waals surface area contributed by atoms with Gasteiger partial charge in [0.05, 0.1) is 17.1 Å². The van der Waals surface area contributed by atoms with E-state index < -0.39 is 21.8 Å². The number of aromatic hydroxyl groups is 1. The molecule has 0 saturated carbocycles. The maximum atomic E-state index is 12.6. The minimum Gasteiger partial charge on any atom is -0.507 e. The van der Waals surface area contributed by atoms with Crippen molar-refractivity contribution in [2.75, 3.05) is 11.3 Å². The summed E-state index contributed by atoms with van der Waals surface area (Å²) in [6, 6.07) is 16.2. The summed E-state index contributed by atoms with van der Waals surface area (Å²) in [4.78, 5) is 24.5. The van der Waals surface area contributed by atoms with E-state index in [4.69, 9.17) is 4.74 Å². The largest absolute Gasteiger partial charge is 0.507 e. The smallest absolute Gasteiger partial charge is 0.273 e. The highest BCUT2D eigenvalue weighted by Crippen LogP contribution is 2.20. The fourth-order valence-electron chi connectivity index (χ4n) is 2.87. The van der Waals surface area contributed by atoms with Gasteiger partial charge in [-0.3, -0.25) is 25.2 Å². The number of nitrogens with one attached hydrogen (secondary N) is 3. The number of anilines is 1. The second kappa shape index (κ2) is 10.0. The minimum atomic E-state index is -3.82. The topological polar surface area (TPSA) is 134 Å². The number of hydrazine groups is 1. The highest BCUT2D eigenvalue weighted by Gasteiger charge is 2.16. The average Bonchev–Trinajstić information content (AvgIpc) is 2.79. The lowest BCUT2D eigenvalue weighted by Gasteiger charge is -2.11. The van der Waals surface area contributed by atoms with Crippen LogP contribution in [0.1, 0.15) is 33.2 Å². The van der Waals surface area contributed by atoms with E-state index in [-0.39, 0.29) is 27.5 Å². The Labute approximate surface area is 191 Å². The van der Waals surface area contributed by atoms with E-state index in [1.54, 1.807) is 25.1 Å². The molecule has 10 heteroatoms. The summed E-state index contributed by atoms with van der Waals surface area (Å²) in [5.41, 5.74) is 5.73. The lowest BCUT2D eigenvalue weighted by molar-refractivity contribution is 0.0845. The third-order valence-electron chi connectivity index (χ3n) is 4.53. The molecular weight excluding hydrogens is 446 g/mol. The predicted octanol–water partition coefficient (Wildman–Crippen LogP) is 2.97. The zero-order chi connectivity index (χ0) is 24.0. The maximum Gasteiger partial charge on any atom is 0.273 e. The van der Waals surface area contributed by atoms with Gasteiger partial charge in [-0.25, -0.2) is 8.42 Å². The summed E-state index contributed by atoms with van der Waals surface area (Å²) in [6.07, 6.45) is 0. The Hall–Kier alpha value is -4.05. The number of hydrogen-bond donors (Lipinski definition) is 4. The minimum absolute atomic E-state index is 0.0225. The molecule has 0 unspecified atom stereocenters. The van der Waals surface area contributed by atoms with Crippen molar-refractivity contribution in [1.29, 1.82) is 0 Å². The number of phenols is 1. The molecule has 4 N–H and O–H groups in total. The molecule has 2 amide bonds. The Bertz CT molecular complexity index is 1260. The summed E-state index contributed by atoms with van der Waals surface area (Å²) in [7, 11) is -3.82. The molecule has 0 radical (unpaired) electrons. The molecule has 3 rings (SSSR count). The quantitative estimate of drug-likeness (QED) is 0.393. The van der Waals surface area contributed by atoms with Gasteiger partial charge in [0.25, 0.3) is 21.8 Å². The normalized spacial score (nSPS) is 10.8. The van der Waals surface area contributed by atoms with E-state index in [0.717, 1.165) is 5.56 Å². The Morgan fingerprint density at radius 2 is 1.55 bits per heavy atom. The van der Waals surface area contributed by atoms with Crippen molar-refractivity contribution in [3.05, 3.63) is 83.4 Å². The van der Waals surface area contributed by atoms with Gasteiger partial charge in [-0.05, 0) is 74.5 Å². The standard InChI is InChI=1S/C23H23N3O6S/c1-3-32-18-9-11-19(12-10-18)33(30,31)26-17-7-5-16(6-8-17)22(28)24-25-23(29)20-14-15(2)4-13-21(20)27/h4-14,26-27H,3H2,1-2H3,(H,24,28)(H,25,29). The number of hydrogen-bond acceptors (Lipinski definition) is 6. The molecule has 3 aromatic carbocycles. The van der Waals surface area contributed by atoms with Crippen LogP contribution in [0.3, 0.4) is 0 Å². The second-order valence-corrected chi connectivity index (χ2v) is 8.70. The monoisotopic (exact) mass is 469 g/mol. The second-order valence-electron chi connectivity index (χ2n) is 7.02. The lowest BCUT2D eigenvalue weighted by Crippen LogP contribution is -2.41. The number of aryl methyl sites for hydroxylation is 1. The van der Waals surface area contributed by atoms with Crippen molar-refractivity contribution < 1.29 is 27.9 Å². The number of rotatable bonds is 7. The van der Waals surface area contributed by atoms with Gasteiger partial charge in [-0.2, -0.15) is 0 Å². The van der Waals surface area contributed by atoms with Crippen LogP contribution in [0.5, 0.6) is 11.5 Å². The van der Waals surface area contributed by atoms with E-state index >= 15 is 0 Å². The zero-order valence-electron chi connectivity index (χ0n) is 18.0. The third-order valence-corrected chi connectivity index (χ3v) is 5.93. The Morgan fingerprint density at radius 1 is 0.909 bits per heavy atom. The van der Waals surface area contributed by atoms with Crippen LogP contribution in [0.25, 0.3) is 0 Å². The summed E-state index contributed by atoms with van der Waals surface area (Å²) < 4.78 is 32.9. The number of carbonyl (C=O) groups is 2. The molecule has 172 valence electrons. The van der Waals surface area contributed by atoms with Crippen molar-refractivity contribution in [2.24, 2.45) is 0 Å². The lowest BCUT2D eigenvalue weighted by atomic mass is 10.1. The van der Waals surface area contributed by atoms with Gasteiger partial charge >= 0.3 is 0 Å². The summed E-state index contributed by atoms with van der Waals surface area (Å²) in [5, 5.41) is 9.80. The van der Waals surface area contributed by atoms with Crippen molar-refractivity contribution >= 4 is 27.5 Å². The van der Waals surface area contributed by atoms with Gasteiger partial charge < -0.3 is 9.84 Å². The Morgan fingerprint density at radius 3 is 2.18 bits per heavy atom. The molecule has 0 atom stereocenters. The zero-order valence-corrected chi connectivity index (χ0v) is 18.8. The van der Waals surface area contributed by atoms with E-state index in [0.29, 0.717) is 12.4 Å². The molecule has 0 saturated heterocycles. The molecule has 0 aliphatic heterocycles. The third kappa shape index (κ3) is 6.01. The highest BCUT2D eigenvalue weighted by molar-refractivity contribution is 7.92. The van der Waals surface area contributed by atoms with Crippen LogP contribution in [0.15, 0.2) is 71.6 Å². The molecular formula is C23H23N3O6S. The van der Waals surface area contributed by atoms with Gasteiger partial charge in [0.15, 0.2) is 0 Å². The van der Waals surface area contributed by atoms with Crippen LogP contribution in [-0.4, -0.2) is 31.9 Å². The number of benzene rings is 3. The van der Waals surface area contributed by atoms with E-state index in [1.165, 1.54) is 48.5 Å². The van der Waals surface area contributed by atoms with Crippen molar-refractivity contribution in [3.8, 4) is 11.5 Å². The number of phenolic OH excluding ortho intramolecular Hbond substituents is 1. The van der Waals surface area contributed by atoms with Gasteiger partial charge in [-0.15, -0.1) is 0 Å². The Balaban J connectivity index is 1.61. The number of sulfonamides is 1. The molecule has 0 aliphatic rings. The van der Waals surface area contributed by atoms with Gasteiger partial charge in [0.2, 0.25) is 0 Å². The van der Waals surface area contributed by atoms with Crippen LogP contribution in [-0.2, 0) is 10.0 Å². The molecule has 0 heterocycles. The first kappa shape index (κ1) is 23.6. The summed E-state index contributed by atoms with van der Waals surface area (Å²) >= 11 is 0. The Kier molecular flexibility index (Phi) is 7.19. The SMILES string of the molecule is CCOc1ccc(S(=O)(=O)Nc2ccc(C(=O)NNC(=O)c3cc(C)ccc3O)cc2)cc1. The van der Waals surface area contributed by atoms with Crippen LogP contribution >= 0.6 is 0 Å². The molecule has 9 nitrogen and oxygen atoms in total. The van der Waals surface area contributed by atoms with Crippen molar-refractivity contribution in [2.45, 2.75) is 18.7 Å². The molecule has 3 aromatic rings. The van der Waals surface area contributed by atoms with E-state index in [2.05, 4.69) is 15.6 Å². The fourth-order valence-corrected chi connectivity index (χ4v) is 3.93. The first-order chi connectivity index (χ1) is 15.7. The van der Waals surface area contributed by atoms with Gasteiger partial charge in [0, 0.05) is 11.3 Å². The van der Waals surface area contributed by atoms with Crippen LogP contribution in [0.2, 0.25) is 0 Å². The van der Waals surface area contributed by atoms with Crippen molar-refractivity contribution in [1.82, 2.24) is 10.9 Å². The summed E-state index contributed by atoms with van der Waals surface area (Å²) in [5.74, 6) is -0.936. The molecule has 33 heavy (non-hydrogen) atoms. The maximum absolute atomic E-state index is 12.6. The van der Waals surface area contributed by atoms with Crippen LogP contribution in [0, 0.1) is 6.92 Å². The van der Waals surface area contributed by atoms with E-state index in [1.807, 2.05) is 6.92 Å². The first-order valence-electron chi connectivity index (χ1n) is 9.95. The van der Waals surface area contributed by atoms with Gasteiger partial charge in [-0.1, -0.05) is 11.6 Å². The predicted molar refractivity (Wildman–Crippen MR) is 123 cm³/mol. The number of ether oxygens (including phenoxy) is 1. The van der Waals surface area contributed by atoms with Crippen LogP contribution < -0.4 is 20.3 Å². The molecule has 0 spiro atoms. The molecule has 0 aliphatic carbocycles. The molecule has 0 bridgehead atoms. The van der Waals surface area contributed by atoms with Gasteiger partial charge in [0.1, 0.15) is 11.5 Å². The number of carbonyl (C=O) groups excluding carboxylic acids is 2. The fraction of sp³-hybridized carbons (Fsp3) is 0.130. The average molecular weight is 470 g/mol. The van der Waals surface area contributed by atoms with Crippen LogP contribution in [0.4, 0.5) is 5.69 Å². The summed E-state index contributed by atoms with van der Waals surface area (Å²) in [6.45, 7) is 4.07. The van der Waals surface area contributed by atoms with Crippen molar-refractivity contribution in [3.63, 3.8) is 0 Å². The first-order valence-corrected chi connectivity index (χ1v) is 11.4. The van der Waals surface area contributed by atoms with E-state index in [9.17, 15) is 23.1 Å².